The molecule has 0 aliphatic carbocycles. The molecular weight excluding hydrogens is 406 g/mol. The number of methoxy groups -OCH3 is 1. The van der Waals surface area contributed by atoms with E-state index in [2.05, 4.69) is 10.3 Å². The number of thioether (sulfide) groups is 1. The van der Waals surface area contributed by atoms with Crippen LogP contribution in [0.4, 0.5) is 10.5 Å². The number of ether oxygens (including phenoxy) is 3. The van der Waals surface area contributed by atoms with E-state index in [1.54, 1.807) is 31.4 Å². The smallest absolute Gasteiger partial charge is 0.414 e. The first-order valence-corrected chi connectivity index (χ1v) is 10.9. The highest BCUT2D eigenvalue weighted by Gasteiger charge is 2.32. The van der Waals surface area contributed by atoms with Gasteiger partial charge in [-0.3, -0.25) is 9.69 Å². The van der Waals surface area contributed by atoms with Gasteiger partial charge in [-0.1, -0.05) is 6.07 Å². The Morgan fingerprint density at radius 2 is 2.27 bits per heavy atom. The normalized spacial score (nSPS) is 20.7. The molecule has 2 aromatic rings. The maximum Gasteiger partial charge on any atom is 0.414 e. The van der Waals surface area contributed by atoms with E-state index in [0.717, 1.165) is 17.9 Å². The highest BCUT2D eigenvalue weighted by molar-refractivity contribution is 7.99. The predicted molar refractivity (Wildman–Crippen MR) is 114 cm³/mol. The third-order valence-corrected chi connectivity index (χ3v) is 6.04. The minimum absolute atomic E-state index is 0.187. The monoisotopic (exact) mass is 429 g/mol. The first-order valence-electron chi connectivity index (χ1n) is 9.73. The third kappa shape index (κ3) is 4.79. The highest BCUT2D eigenvalue weighted by Crippen LogP contribution is 2.25. The van der Waals surface area contributed by atoms with Crippen LogP contribution in [-0.2, 0) is 4.74 Å². The number of anilines is 1. The summed E-state index contributed by atoms with van der Waals surface area (Å²) in [6.45, 7) is 0.555. The molecule has 4 rings (SSSR count). The van der Waals surface area contributed by atoms with Crippen LogP contribution in [0.3, 0.4) is 0 Å². The van der Waals surface area contributed by atoms with Crippen LogP contribution in [0.15, 0.2) is 42.6 Å². The lowest BCUT2D eigenvalue weighted by molar-refractivity contribution is 0.0915. The number of hydrogen-bond acceptors (Lipinski definition) is 7. The van der Waals surface area contributed by atoms with Crippen molar-refractivity contribution in [3.63, 3.8) is 0 Å². The Morgan fingerprint density at radius 1 is 1.37 bits per heavy atom. The fourth-order valence-electron chi connectivity index (χ4n) is 3.29. The highest BCUT2D eigenvalue weighted by atomic mass is 32.2. The maximum absolute atomic E-state index is 12.4. The summed E-state index contributed by atoms with van der Waals surface area (Å²) >= 11 is 1.87. The summed E-state index contributed by atoms with van der Waals surface area (Å²) in [5, 5.41) is 2.80. The van der Waals surface area contributed by atoms with Gasteiger partial charge in [-0.15, -0.1) is 0 Å². The zero-order chi connectivity index (χ0) is 20.9. The van der Waals surface area contributed by atoms with Gasteiger partial charge in [-0.05, 0) is 30.4 Å². The summed E-state index contributed by atoms with van der Waals surface area (Å²) in [5.74, 6) is 2.98. The lowest BCUT2D eigenvalue weighted by atomic mass is 10.2. The van der Waals surface area contributed by atoms with Crippen molar-refractivity contribution in [3.8, 4) is 11.6 Å². The summed E-state index contributed by atoms with van der Waals surface area (Å²) in [6, 6.07) is 10.6. The molecule has 0 radical (unpaired) electrons. The number of carbonyl (C=O) groups excluding carboxylic acids is 2. The van der Waals surface area contributed by atoms with Crippen molar-refractivity contribution in [3.05, 3.63) is 48.2 Å². The molecule has 0 saturated carbocycles. The standard InChI is InChI=1S/C21H23N3O5S/c1-27-16-4-2-3-15(9-16)24-12-18(29-21(24)26)11-23-20(25)14-5-6-19(22-10-14)28-17-7-8-30-13-17/h2-6,9-10,17-18H,7-8,11-13H2,1H3,(H,23,25). The molecule has 0 spiro atoms. The van der Waals surface area contributed by atoms with Gasteiger partial charge in [0.15, 0.2) is 0 Å². The Balaban J connectivity index is 1.29. The Hall–Kier alpha value is -2.94. The number of rotatable bonds is 7. The number of nitrogens with zero attached hydrogens (tertiary/aromatic N) is 2. The van der Waals surface area contributed by atoms with Gasteiger partial charge in [0.05, 0.1) is 31.5 Å². The molecule has 2 fully saturated rings. The van der Waals surface area contributed by atoms with Gasteiger partial charge in [-0.2, -0.15) is 11.8 Å². The fourth-order valence-corrected chi connectivity index (χ4v) is 4.38. The number of carbonyl (C=O) groups is 2. The van der Waals surface area contributed by atoms with Gasteiger partial charge in [0.1, 0.15) is 18.0 Å². The second kappa shape index (κ2) is 9.25. The lowest BCUT2D eigenvalue weighted by Gasteiger charge is -2.14. The topological polar surface area (TPSA) is 90.0 Å². The molecule has 1 N–H and O–H groups in total. The molecule has 30 heavy (non-hydrogen) atoms. The van der Waals surface area contributed by atoms with E-state index in [-0.39, 0.29) is 18.6 Å². The van der Waals surface area contributed by atoms with Crippen LogP contribution < -0.4 is 19.7 Å². The summed E-state index contributed by atoms with van der Waals surface area (Å²) in [4.78, 5) is 30.4. The van der Waals surface area contributed by atoms with Crippen molar-refractivity contribution in [1.82, 2.24) is 10.3 Å². The maximum atomic E-state index is 12.4. The molecule has 2 saturated heterocycles. The van der Waals surface area contributed by atoms with Crippen molar-refractivity contribution >= 4 is 29.4 Å². The van der Waals surface area contributed by atoms with E-state index in [1.165, 1.54) is 11.1 Å². The van der Waals surface area contributed by atoms with E-state index in [1.807, 2.05) is 23.9 Å². The fraction of sp³-hybridized carbons (Fsp3) is 0.381. The van der Waals surface area contributed by atoms with Crippen LogP contribution in [0.5, 0.6) is 11.6 Å². The van der Waals surface area contributed by atoms with Crippen LogP contribution in [0.2, 0.25) is 0 Å². The van der Waals surface area contributed by atoms with E-state index >= 15 is 0 Å². The first kappa shape index (κ1) is 20.3. The summed E-state index contributed by atoms with van der Waals surface area (Å²) in [6.07, 6.45) is 1.81. The van der Waals surface area contributed by atoms with Crippen molar-refractivity contribution in [2.75, 3.05) is 36.6 Å². The molecule has 3 heterocycles. The van der Waals surface area contributed by atoms with Crippen LogP contribution >= 0.6 is 11.8 Å². The van der Waals surface area contributed by atoms with E-state index in [9.17, 15) is 9.59 Å². The number of nitrogens with one attached hydrogen (secondary N) is 1. The largest absolute Gasteiger partial charge is 0.497 e. The molecule has 2 aliphatic heterocycles. The zero-order valence-corrected chi connectivity index (χ0v) is 17.4. The molecule has 9 heteroatoms. The van der Waals surface area contributed by atoms with Crippen LogP contribution in [0.1, 0.15) is 16.8 Å². The van der Waals surface area contributed by atoms with Crippen LogP contribution in [0.25, 0.3) is 0 Å². The molecule has 1 aromatic heterocycles. The Morgan fingerprint density at radius 3 is 3.00 bits per heavy atom. The van der Waals surface area contributed by atoms with E-state index in [0.29, 0.717) is 29.4 Å². The van der Waals surface area contributed by atoms with Gasteiger partial charge in [-0.25, -0.2) is 9.78 Å². The average Bonchev–Trinajstić information content (AvgIpc) is 3.42. The van der Waals surface area contributed by atoms with Gasteiger partial charge in [0.25, 0.3) is 5.91 Å². The molecule has 1 aromatic carbocycles. The van der Waals surface area contributed by atoms with Crippen molar-refractivity contribution < 1.29 is 23.8 Å². The molecule has 0 bridgehead atoms. The number of benzene rings is 1. The number of cyclic esters (lactones) is 1. The van der Waals surface area contributed by atoms with Gasteiger partial charge < -0.3 is 19.5 Å². The van der Waals surface area contributed by atoms with Gasteiger partial charge >= 0.3 is 6.09 Å². The Bertz CT molecular complexity index is 902. The van der Waals surface area contributed by atoms with E-state index < -0.39 is 12.2 Å². The molecular formula is C21H23N3O5S. The molecule has 2 unspecified atom stereocenters. The lowest BCUT2D eigenvalue weighted by Crippen LogP contribution is -2.34. The van der Waals surface area contributed by atoms with Gasteiger partial charge in [0, 0.05) is 24.1 Å². The second-order valence-corrected chi connectivity index (χ2v) is 8.17. The van der Waals surface area contributed by atoms with Crippen molar-refractivity contribution in [2.24, 2.45) is 0 Å². The Labute approximate surface area is 178 Å². The number of amides is 2. The molecule has 2 atom stereocenters. The first-order chi connectivity index (χ1) is 14.6. The Kier molecular flexibility index (Phi) is 6.27. The molecule has 2 amide bonds. The average molecular weight is 429 g/mol. The zero-order valence-electron chi connectivity index (χ0n) is 16.6. The van der Waals surface area contributed by atoms with Crippen LogP contribution in [0, 0.1) is 0 Å². The number of hydrogen-bond donors (Lipinski definition) is 1. The number of aromatic nitrogens is 1. The minimum Gasteiger partial charge on any atom is -0.497 e. The molecule has 2 aliphatic rings. The van der Waals surface area contributed by atoms with E-state index in [4.69, 9.17) is 14.2 Å². The SMILES string of the molecule is COc1cccc(N2CC(CNC(=O)c3ccc(OC4CCSC4)nc3)OC2=O)c1. The quantitative estimate of drug-likeness (QED) is 0.724. The summed E-state index contributed by atoms with van der Waals surface area (Å²) in [7, 11) is 1.57. The second-order valence-electron chi connectivity index (χ2n) is 7.02. The molecule has 8 nitrogen and oxygen atoms in total. The summed E-state index contributed by atoms with van der Waals surface area (Å²) < 4.78 is 16.4. The van der Waals surface area contributed by atoms with Crippen LogP contribution in [-0.4, -0.2) is 60.9 Å². The molecule has 158 valence electrons. The van der Waals surface area contributed by atoms with Crippen molar-refractivity contribution in [1.29, 1.82) is 0 Å². The van der Waals surface area contributed by atoms with Gasteiger partial charge in [0.2, 0.25) is 5.88 Å². The summed E-state index contributed by atoms with van der Waals surface area (Å²) in [5.41, 5.74) is 1.12. The van der Waals surface area contributed by atoms with Crippen molar-refractivity contribution in [2.45, 2.75) is 18.6 Å². The predicted octanol–water partition coefficient (Wildman–Crippen LogP) is 2.73. The number of pyridine rings is 1. The third-order valence-electron chi connectivity index (χ3n) is 4.90. The minimum atomic E-state index is -0.448.